The topological polar surface area (TPSA) is 109 Å². The lowest BCUT2D eigenvalue weighted by Gasteiger charge is -2.34. The van der Waals surface area contributed by atoms with E-state index in [1.165, 1.54) is 89.9 Å². The van der Waals surface area contributed by atoms with E-state index in [1.807, 2.05) is 32.9 Å². The van der Waals surface area contributed by atoms with Crippen molar-refractivity contribution in [1.82, 2.24) is 9.76 Å². The van der Waals surface area contributed by atoms with Crippen molar-refractivity contribution in [3.63, 3.8) is 0 Å². The van der Waals surface area contributed by atoms with Gasteiger partial charge in [-0.1, -0.05) is 90.4 Å². The van der Waals surface area contributed by atoms with E-state index < -0.39 is 15.5 Å². The summed E-state index contributed by atoms with van der Waals surface area (Å²) in [5.41, 5.74) is 0. The summed E-state index contributed by atoms with van der Waals surface area (Å²) in [5.74, 6) is 2.86. The van der Waals surface area contributed by atoms with Crippen molar-refractivity contribution in [3.8, 4) is 0 Å². The van der Waals surface area contributed by atoms with E-state index in [0.29, 0.717) is 49.1 Å². The third-order valence-electron chi connectivity index (χ3n) is 7.83. The molecule has 290 valence electrons. The minimum atomic E-state index is -4.26. The van der Waals surface area contributed by atoms with E-state index in [1.54, 1.807) is 11.8 Å². The average Bonchev–Trinajstić information content (AvgIpc) is 3.03. The van der Waals surface area contributed by atoms with Crippen molar-refractivity contribution < 1.29 is 36.8 Å². The lowest BCUT2D eigenvalue weighted by atomic mass is 10.0. The first-order valence-corrected chi connectivity index (χ1v) is 23.5. The van der Waals surface area contributed by atoms with Crippen LogP contribution in [-0.2, 0) is 27.4 Å². The molecule has 1 saturated heterocycles. The Bertz CT molecular complexity index is 833. The Morgan fingerprint density at radius 2 is 1.52 bits per heavy atom. The van der Waals surface area contributed by atoms with Crippen LogP contribution in [-0.4, -0.2) is 113 Å². The van der Waals surface area contributed by atoms with Crippen LogP contribution in [0.1, 0.15) is 103 Å². The van der Waals surface area contributed by atoms with Gasteiger partial charge in [-0.3, -0.25) is 9.13 Å². The monoisotopic (exact) mass is 785 g/mol. The normalized spacial score (nSPS) is 19.1. The number of phosphoric ester groups is 1. The third kappa shape index (κ3) is 29.6. The number of quaternary nitrogens is 1. The lowest BCUT2D eigenvalue weighted by Crippen LogP contribution is -2.37. The van der Waals surface area contributed by atoms with Crippen LogP contribution >= 0.6 is 50.5 Å². The van der Waals surface area contributed by atoms with Crippen molar-refractivity contribution in [3.05, 3.63) is 0 Å². The van der Waals surface area contributed by atoms with Gasteiger partial charge in [-0.2, -0.15) is 11.8 Å². The highest BCUT2D eigenvalue weighted by molar-refractivity contribution is 7.99. The molecule has 1 aliphatic rings. The van der Waals surface area contributed by atoms with E-state index in [9.17, 15) is 14.0 Å². The first-order chi connectivity index (χ1) is 22.9. The van der Waals surface area contributed by atoms with Crippen LogP contribution in [0.3, 0.4) is 0 Å². The number of thioether (sulfide) groups is 1. The molecule has 0 aromatic rings. The van der Waals surface area contributed by atoms with Crippen LogP contribution in [0.25, 0.3) is 0 Å². The molecule has 15 heteroatoms. The van der Waals surface area contributed by atoms with Crippen molar-refractivity contribution in [2.45, 2.75) is 103 Å². The van der Waals surface area contributed by atoms with Gasteiger partial charge in [0.2, 0.25) is 0 Å². The number of halogens is 2. The second-order valence-electron chi connectivity index (χ2n) is 13.5. The smallest absolute Gasteiger partial charge is 0.343 e. The van der Waals surface area contributed by atoms with Crippen LogP contribution in [0.4, 0.5) is 0 Å². The SMILES string of the molecule is CCCCCCCCCCCCCCCCSCC(COC)COP(=O)([O-])OCC[N+](C)(C)C.O=P1(NCCCl)OCCCN1CCCl. The molecule has 3 atom stereocenters. The molecule has 0 saturated carbocycles. The predicted octanol–water partition coefficient (Wildman–Crippen LogP) is 8.56. The van der Waals surface area contributed by atoms with E-state index in [4.69, 9.17) is 41.5 Å². The molecule has 0 bridgehead atoms. The van der Waals surface area contributed by atoms with Crippen LogP contribution in [0.5, 0.6) is 0 Å². The molecule has 1 N–H and O–H groups in total. The predicted molar refractivity (Wildman–Crippen MR) is 205 cm³/mol. The molecule has 0 aromatic carbocycles. The number of ether oxygens (including phenoxy) is 1. The van der Waals surface area contributed by atoms with E-state index in [-0.39, 0.29) is 19.1 Å². The van der Waals surface area contributed by atoms with Crippen molar-refractivity contribution in [2.24, 2.45) is 5.92 Å². The third-order valence-corrected chi connectivity index (χ3v) is 12.7. The average molecular weight is 787 g/mol. The van der Waals surface area contributed by atoms with Gasteiger partial charge in [-0.05, 0) is 18.6 Å². The van der Waals surface area contributed by atoms with Gasteiger partial charge in [0.25, 0.3) is 7.82 Å². The number of nitrogens with one attached hydrogen (secondary N) is 1. The second kappa shape index (κ2) is 31.6. The summed E-state index contributed by atoms with van der Waals surface area (Å²) in [6.45, 7) is 5.97. The quantitative estimate of drug-likeness (QED) is 0.0318. The van der Waals surface area contributed by atoms with Gasteiger partial charge in [0.15, 0.2) is 0 Å². The second-order valence-corrected chi connectivity index (χ2v) is 19.0. The Balaban J connectivity index is 0.00000130. The summed E-state index contributed by atoms with van der Waals surface area (Å²) < 4.78 is 47.2. The number of rotatable bonds is 31. The maximum absolute atomic E-state index is 12.2. The first kappa shape index (κ1) is 49.1. The Morgan fingerprint density at radius 1 is 0.938 bits per heavy atom. The lowest BCUT2D eigenvalue weighted by molar-refractivity contribution is -0.870. The number of hydrogen-bond acceptors (Lipinski definition) is 8. The molecular weight excluding hydrogens is 715 g/mol. The highest BCUT2D eigenvalue weighted by atomic mass is 35.5. The maximum atomic E-state index is 12.2. The molecule has 1 rings (SSSR count). The Kier molecular flexibility index (Phi) is 32.3. The van der Waals surface area contributed by atoms with Crippen LogP contribution in [0.2, 0.25) is 0 Å². The minimum absolute atomic E-state index is 0.0471. The number of likely N-dealkylation sites (N-methyl/N-ethyl adjacent to an activating group) is 1. The number of nitrogens with zero attached hydrogens (tertiary/aromatic N) is 2. The summed E-state index contributed by atoms with van der Waals surface area (Å²) in [5, 5.41) is 2.85. The molecule has 1 aliphatic heterocycles. The molecule has 48 heavy (non-hydrogen) atoms. The molecule has 1 heterocycles. The summed E-state index contributed by atoms with van der Waals surface area (Å²) >= 11 is 13.0. The van der Waals surface area contributed by atoms with Crippen LogP contribution in [0, 0.1) is 5.92 Å². The van der Waals surface area contributed by atoms with Gasteiger partial charge < -0.3 is 27.7 Å². The maximum Gasteiger partial charge on any atom is 0.343 e. The summed E-state index contributed by atoms with van der Waals surface area (Å²) in [6, 6.07) is 0. The minimum Gasteiger partial charge on any atom is -0.756 e. The molecule has 10 nitrogen and oxygen atoms in total. The van der Waals surface area contributed by atoms with Crippen molar-refractivity contribution in [2.75, 3.05) is 104 Å². The van der Waals surface area contributed by atoms with Gasteiger partial charge in [0.1, 0.15) is 13.2 Å². The zero-order chi connectivity index (χ0) is 36.0. The highest BCUT2D eigenvalue weighted by Gasteiger charge is 2.33. The zero-order valence-electron chi connectivity index (χ0n) is 31.0. The van der Waals surface area contributed by atoms with E-state index in [2.05, 4.69) is 12.0 Å². The summed E-state index contributed by atoms with van der Waals surface area (Å²) in [4.78, 5) is 12.0. The molecule has 0 aliphatic carbocycles. The summed E-state index contributed by atoms with van der Waals surface area (Å²) in [7, 11) is 0.509. The fourth-order valence-corrected chi connectivity index (χ4v) is 9.42. The van der Waals surface area contributed by atoms with E-state index in [0.717, 1.165) is 24.5 Å². The number of alkyl halides is 2. The van der Waals surface area contributed by atoms with Gasteiger partial charge >= 0.3 is 7.67 Å². The summed E-state index contributed by atoms with van der Waals surface area (Å²) in [6.07, 6.45) is 20.1. The molecule has 1 fully saturated rings. The molecule has 0 spiro atoms. The molecular formula is C33H71Cl2N3O7P2S. The standard InChI is InChI=1S/C26H56NO5PS.C7H15Cl2N2O2P/c1-6-7-8-9-10-11-12-13-14-15-16-17-18-19-22-34-25-26(23-30-5)24-32-33(28,29)31-21-20-27(2,3)4;8-2-4-10-14(12)11(6-3-9)5-1-7-13-14/h26H,6-25H2,1-5H3;1-7H2,(H,10,12). The number of unbranched alkanes of at least 4 members (excludes halogenated alkanes) is 13. The van der Waals surface area contributed by atoms with Gasteiger partial charge in [-0.25, -0.2) is 9.76 Å². The zero-order valence-corrected chi connectivity index (χ0v) is 35.1. The number of methoxy groups -OCH3 is 1. The van der Waals surface area contributed by atoms with Crippen molar-refractivity contribution in [1.29, 1.82) is 0 Å². The van der Waals surface area contributed by atoms with Gasteiger partial charge in [0, 0.05) is 50.2 Å². The van der Waals surface area contributed by atoms with Gasteiger partial charge in [-0.15, -0.1) is 23.2 Å². The highest BCUT2D eigenvalue weighted by Crippen LogP contribution is 2.48. The number of hydrogen-bond donors (Lipinski definition) is 1. The fourth-order valence-electron chi connectivity index (χ4n) is 5.01. The number of phosphoric acid groups is 1. The Hall–Kier alpha value is 1.07. The van der Waals surface area contributed by atoms with Gasteiger partial charge in [0.05, 0.1) is 41.0 Å². The Morgan fingerprint density at radius 3 is 2.04 bits per heavy atom. The van der Waals surface area contributed by atoms with E-state index >= 15 is 0 Å². The molecule has 3 unspecified atom stereocenters. The largest absolute Gasteiger partial charge is 0.756 e. The molecule has 0 amide bonds. The Labute approximate surface area is 309 Å². The molecule has 0 aromatic heterocycles. The van der Waals surface area contributed by atoms with Crippen molar-refractivity contribution >= 4 is 50.5 Å². The van der Waals surface area contributed by atoms with Crippen LogP contribution < -0.4 is 9.98 Å². The fraction of sp³-hybridized carbons (Fsp3) is 1.00. The molecule has 0 radical (unpaired) electrons. The van der Waals surface area contributed by atoms with Crippen LogP contribution in [0.15, 0.2) is 0 Å². The first-order valence-electron chi connectivity index (χ1n) is 18.3.